The lowest BCUT2D eigenvalue weighted by Gasteiger charge is -2.08. The van der Waals surface area contributed by atoms with Gasteiger partial charge in [-0.3, -0.25) is 0 Å². The average Bonchev–Trinajstić information content (AvgIpc) is 3.10. The molecule has 29 heavy (non-hydrogen) atoms. The van der Waals surface area contributed by atoms with Crippen LogP contribution in [0.1, 0.15) is 40.9 Å². The van der Waals surface area contributed by atoms with Gasteiger partial charge in [-0.15, -0.1) is 11.7 Å². The number of carboxylic acid groups (broad SMARTS) is 1. The summed E-state index contributed by atoms with van der Waals surface area (Å²) in [5.41, 5.74) is 2.47. The van der Waals surface area contributed by atoms with Crippen molar-refractivity contribution in [2.24, 2.45) is 0 Å². The Morgan fingerprint density at radius 3 is 2.52 bits per heavy atom. The molecule has 0 atom stereocenters. The normalized spacial score (nSPS) is 11.4. The number of alkyl halides is 2. The van der Waals surface area contributed by atoms with E-state index in [0.717, 1.165) is 18.1 Å². The van der Waals surface area contributed by atoms with Gasteiger partial charge in [0.2, 0.25) is 5.82 Å². The lowest BCUT2D eigenvalue weighted by atomic mass is 9.98. The number of carbonyl (C=O) groups is 1. The van der Waals surface area contributed by atoms with Gasteiger partial charge in [-0.2, -0.15) is 8.78 Å². The van der Waals surface area contributed by atoms with Crippen molar-refractivity contribution in [3.8, 4) is 11.1 Å². The highest BCUT2D eigenvalue weighted by molar-refractivity contribution is 5.95. The van der Waals surface area contributed by atoms with Gasteiger partial charge in [0.1, 0.15) is 5.82 Å². The second-order valence-electron chi connectivity index (χ2n) is 6.76. The Labute approximate surface area is 167 Å². The largest absolute Gasteiger partial charge is 0.478 e. The molecule has 0 aliphatic rings. The summed E-state index contributed by atoms with van der Waals surface area (Å²) >= 11 is 0. The molecule has 3 rings (SSSR count). The number of benzene rings is 2. The Balaban J connectivity index is 1.88. The summed E-state index contributed by atoms with van der Waals surface area (Å²) in [4.78, 5) is 15.5. The minimum absolute atomic E-state index is 0.222. The number of aromatic nitrogens is 3. The smallest absolute Gasteiger partial charge is 0.336 e. The summed E-state index contributed by atoms with van der Waals surface area (Å²) in [7, 11) is 0. The first-order valence-corrected chi connectivity index (χ1v) is 9.14. The Bertz CT molecular complexity index is 1020. The van der Waals surface area contributed by atoms with E-state index in [-0.39, 0.29) is 5.56 Å². The van der Waals surface area contributed by atoms with Crippen molar-refractivity contribution in [1.29, 1.82) is 0 Å². The van der Waals surface area contributed by atoms with Crippen molar-refractivity contribution in [2.75, 3.05) is 0 Å². The van der Waals surface area contributed by atoms with Gasteiger partial charge < -0.3 is 5.11 Å². The second kappa shape index (κ2) is 8.34. The summed E-state index contributed by atoms with van der Waals surface area (Å²) < 4.78 is 28.8. The lowest BCUT2D eigenvalue weighted by Crippen LogP contribution is -2.10. The first-order chi connectivity index (χ1) is 13.8. The molecule has 1 aromatic heterocycles. The third-order valence-electron chi connectivity index (χ3n) is 4.47. The minimum Gasteiger partial charge on any atom is -0.478 e. The van der Waals surface area contributed by atoms with Gasteiger partial charge in [0, 0.05) is 19.9 Å². The van der Waals surface area contributed by atoms with Crippen molar-refractivity contribution in [2.45, 2.75) is 32.2 Å². The number of hydrogen-bond acceptors (Lipinski definition) is 3. The van der Waals surface area contributed by atoms with E-state index >= 15 is 0 Å². The first kappa shape index (κ1) is 20.4. The Hall–Kier alpha value is -3.35. The van der Waals surface area contributed by atoms with Crippen LogP contribution in [0.5, 0.6) is 0 Å². The standard InChI is InChI=1S/C22H21F2N3O2/c1-3-4-13-27-19(25-21(26-27)22(2,23)24)14-15-9-11-16(12-10-15)17-7-5-6-8-18(17)20(28)29/h3,5-12H,1,4,13-14H2,2H3,(H,28,29). The van der Waals surface area contributed by atoms with Crippen molar-refractivity contribution >= 4 is 5.97 Å². The highest BCUT2D eigenvalue weighted by Crippen LogP contribution is 2.26. The number of halogens is 2. The summed E-state index contributed by atoms with van der Waals surface area (Å²) in [5.74, 6) is -4.16. The zero-order valence-corrected chi connectivity index (χ0v) is 16.0. The molecule has 1 N–H and O–H groups in total. The monoisotopic (exact) mass is 397 g/mol. The maximum absolute atomic E-state index is 13.6. The molecule has 0 spiro atoms. The van der Waals surface area contributed by atoms with Gasteiger partial charge in [-0.25, -0.2) is 14.5 Å². The summed E-state index contributed by atoms with van der Waals surface area (Å²) in [6.07, 6.45) is 2.63. The van der Waals surface area contributed by atoms with E-state index in [0.29, 0.717) is 30.8 Å². The summed E-state index contributed by atoms with van der Waals surface area (Å²) in [5, 5.41) is 13.3. The number of aromatic carboxylic acids is 1. The van der Waals surface area contributed by atoms with Crippen LogP contribution in [0.2, 0.25) is 0 Å². The van der Waals surface area contributed by atoms with Crippen molar-refractivity contribution in [3.05, 3.63) is 84.0 Å². The van der Waals surface area contributed by atoms with Crippen LogP contribution in [-0.2, 0) is 18.9 Å². The molecule has 0 saturated carbocycles. The van der Waals surface area contributed by atoms with Crippen LogP contribution in [0.4, 0.5) is 8.78 Å². The van der Waals surface area contributed by atoms with Crippen LogP contribution in [0, 0.1) is 0 Å². The zero-order chi connectivity index (χ0) is 21.0. The van der Waals surface area contributed by atoms with Crippen LogP contribution >= 0.6 is 0 Å². The number of nitrogens with zero attached hydrogens (tertiary/aromatic N) is 3. The topological polar surface area (TPSA) is 68.0 Å². The molecule has 1 heterocycles. The zero-order valence-electron chi connectivity index (χ0n) is 16.0. The molecular weight excluding hydrogens is 376 g/mol. The van der Waals surface area contributed by atoms with Crippen LogP contribution in [0.15, 0.2) is 61.2 Å². The number of allylic oxidation sites excluding steroid dienone is 1. The van der Waals surface area contributed by atoms with Crippen LogP contribution in [-0.4, -0.2) is 25.8 Å². The van der Waals surface area contributed by atoms with E-state index in [4.69, 9.17) is 0 Å². The Morgan fingerprint density at radius 1 is 1.21 bits per heavy atom. The molecule has 5 nitrogen and oxygen atoms in total. The molecule has 3 aromatic rings. The van der Waals surface area contributed by atoms with Crippen molar-refractivity contribution < 1.29 is 18.7 Å². The third kappa shape index (κ3) is 4.74. The fourth-order valence-corrected chi connectivity index (χ4v) is 2.99. The fraction of sp³-hybridized carbons (Fsp3) is 0.227. The van der Waals surface area contributed by atoms with Crippen molar-refractivity contribution in [1.82, 2.24) is 14.8 Å². The number of carboxylic acids is 1. The minimum atomic E-state index is -3.11. The van der Waals surface area contributed by atoms with Crippen molar-refractivity contribution in [3.63, 3.8) is 0 Å². The predicted octanol–water partition coefficient (Wildman–Crippen LogP) is 4.92. The van der Waals surface area contributed by atoms with Crippen LogP contribution in [0.3, 0.4) is 0 Å². The molecule has 0 amide bonds. The van der Waals surface area contributed by atoms with E-state index in [1.807, 2.05) is 24.3 Å². The van der Waals surface area contributed by atoms with Gasteiger partial charge in [0.05, 0.1) is 5.56 Å². The van der Waals surface area contributed by atoms with E-state index in [1.165, 1.54) is 4.68 Å². The molecule has 7 heteroatoms. The van der Waals surface area contributed by atoms with Crippen LogP contribution in [0.25, 0.3) is 11.1 Å². The molecule has 0 aliphatic carbocycles. The van der Waals surface area contributed by atoms with Gasteiger partial charge in [0.15, 0.2) is 0 Å². The lowest BCUT2D eigenvalue weighted by molar-refractivity contribution is 0.00751. The molecule has 0 bridgehead atoms. The molecule has 150 valence electrons. The number of hydrogen-bond donors (Lipinski definition) is 1. The number of aryl methyl sites for hydroxylation is 1. The van der Waals surface area contributed by atoms with Gasteiger partial charge >= 0.3 is 11.9 Å². The van der Waals surface area contributed by atoms with E-state index < -0.39 is 17.7 Å². The predicted molar refractivity (Wildman–Crippen MR) is 106 cm³/mol. The molecule has 0 unspecified atom stereocenters. The van der Waals surface area contributed by atoms with Gasteiger partial charge in [-0.05, 0) is 29.2 Å². The maximum atomic E-state index is 13.6. The Morgan fingerprint density at radius 2 is 1.90 bits per heavy atom. The highest BCUT2D eigenvalue weighted by Gasteiger charge is 2.31. The molecule has 0 saturated heterocycles. The molecule has 2 aromatic carbocycles. The SMILES string of the molecule is C=CCCn1nc(C(C)(F)F)nc1Cc1ccc(-c2ccccc2C(=O)O)cc1. The first-order valence-electron chi connectivity index (χ1n) is 9.14. The average molecular weight is 397 g/mol. The quantitative estimate of drug-likeness (QED) is 0.548. The van der Waals surface area contributed by atoms with Gasteiger partial charge in [-0.1, -0.05) is 48.5 Å². The van der Waals surface area contributed by atoms with E-state index in [2.05, 4.69) is 16.7 Å². The van der Waals surface area contributed by atoms with Crippen LogP contribution < -0.4 is 0 Å². The van der Waals surface area contributed by atoms with Gasteiger partial charge in [0.25, 0.3) is 0 Å². The fourth-order valence-electron chi connectivity index (χ4n) is 2.99. The van der Waals surface area contributed by atoms with E-state index in [1.54, 1.807) is 30.3 Å². The maximum Gasteiger partial charge on any atom is 0.336 e. The summed E-state index contributed by atoms with van der Waals surface area (Å²) in [6.45, 7) is 4.85. The van der Waals surface area contributed by atoms with E-state index in [9.17, 15) is 18.7 Å². The number of rotatable bonds is 8. The molecule has 0 radical (unpaired) electrons. The second-order valence-corrected chi connectivity index (χ2v) is 6.76. The molecular formula is C22H21F2N3O2. The molecule has 0 aliphatic heterocycles. The summed E-state index contributed by atoms with van der Waals surface area (Å²) in [6, 6.07) is 14.1. The molecule has 0 fully saturated rings. The highest BCUT2D eigenvalue weighted by atomic mass is 19.3. The third-order valence-corrected chi connectivity index (χ3v) is 4.47. The Kier molecular flexibility index (Phi) is 5.87.